The first kappa shape index (κ1) is 21.7. The summed E-state index contributed by atoms with van der Waals surface area (Å²) in [7, 11) is -3.94. The molecule has 1 aliphatic heterocycles. The van der Waals surface area contributed by atoms with Gasteiger partial charge in [0.1, 0.15) is 6.04 Å². The topological polar surface area (TPSA) is 74.8 Å². The molecule has 0 bridgehead atoms. The quantitative estimate of drug-likeness (QED) is 0.519. The molecule has 1 aliphatic carbocycles. The molecule has 0 N–H and O–H groups in total. The van der Waals surface area contributed by atoms with Gasteiger partial charge in [-0.1, -0.05) is 61.6 Å². The van der Waals surface area contributed by atoms with Gasteiger partial charge in [-0.15, -0.1) is 0 Å². The van der Waals surface area contributed by atoms with Gasteiger partial charge in [0, 0.05) is 6.04 Å². The second kappa shape index (κ2) is 8.93. The second-order valence-corrected chi connectivity index (χ2v) is 10.3. The molecule has 0 spiro atoms. The molecule has 0 aromatic heterocycles. The smallest absolute Gasteiger partial charge is 0.252 e. The molecule has 2 amide bonds. The molecule has 2 aliphatic rings. The van der Waals surface area contributed by atoms with Crippen LogP contribution in [0.25, 0.3) is 0 Å². The van der Waals surface area contributed by atoms with Crippen LogP contribution in [-0.4, -0.2) is 36.6 Å². The number of sulfonamides is 1. The van der Waals surface area contributed by atoms with Crippen molar-refractivity contribution in [3.05, 3.63) is 60.2 Å². The van der Waals surface area contributed by atoms with Crippen molar-refractivity contribution < 1.29 is 18.0 Å². The number of benzene rings is 2. The first-order valence-electron chi connectivity index (χ1n) is 10.9. The molecule has 164 valence electrons. The van der Waals surface area contributed by atoms with Gasteiger partial charge in [-0.2, -0.15) is 4.31 Å². The van der Waals surface area contributed by atoms with Crippen molar-refractivity contribution in [2.45, 2.75) is 68.8 Å². The Morgan fingerprint density at radius 1 is 0.871 bits per heavy atom. The van der Waals surface area contributed by atoms with Gasteiger partial charge in [0.15, 0.2) is 0 Å². The number of hydrogen-bond acceptors (Lipinski definition) is 4. The number of carbonyl (C=O) groups is 2. The molecule has 1 atom stereocenters. The fraction of sp³-hybridized carbons (Fsp3) is 0.417. The Morgan fingerprint density at radius 2 is 1.48 bits per heavy atom. The third-order valence-electron chi connectivity index (χ3n) is 6.23. The Labute approximate surface area is 183 Å². The van der Waals surface area contributed by atoms with Crippen LogP contribution in [-0.2, 0) is 19.6 Å². The largest absolute Gasteiger partial charge is 0.274 e. The summed E-state index contributed by atoms with van der Waals surface area (Å²) >= 11 is 0. The Morgan fingerprint density at radius 3 is 2.10 bits per heavy atom. The number of nitrogens with zero attached hydrogens (tertiary/aromatic N) is 2. The zero-order valence-electron chi connectivity index (χ0n) is 17.7. The number of amides is 2. The summed E-state index contributed by atoms with van der Waals surface area (Å²) in [5, 5.41) is 0. The van der Waals surface area contributed by atoms with Gasteiger partial charge < -0.3 is 0 Å². The lowest BCUT2D eigenvalue weighted by molar-refractivity contribution is -0.122. The van der Waals surface area contributed by atoms with E-state index >= 15 is 0 Å². The van der Waals surface area contributed by atoms with E-state index in [0.717, 1.165) is 36.1 Å². The number of imide groups is 1. The van der Waals surface area contributed by atoms with E-state index in [2.05, 4.69) is 0 Å². The number of carbonyl (C=O) groups excluding carboxylic acids is 2. The summed E-state index contributed by atoms with van der Waals surface area (Å²) < 4.78 is 28.8. The van der Waals surface area contributed by atoms with Crippen LogP contribution in [0, 0.1) is 6.92 Å². The van der Waals surface area contributed by atoms with Crippen molar-refractivity contribution in [1.29, 1.82) is 0 Å². The SMILES string of the molecule is Cc1ccc(N2C(=O)CC(N(C3CCCCCC3)S(=O)(=O)c3ccccc3)C2=O)cc1. The zero-order chi connectivity index (χ0) is 22.0. The molecular weight excluding hydrogens is 412 g/mol. The maximum absolute atomic E-state index is 13.7. The van der Waals surface area contributed by atoms with Crippen LogP contribution >= 0.6 is 0 Å². The number of hydrogen-bond donors (Lipinski definition) is 0. The second-order valence-electron chi connectivity index (χ2n) is 8.42. The van der Waals surface area contributed by atoms with E-state index in [0.29, 0.717) is 18.5 Å². The summed E-state index contributed by atoms with van der Waals surface area (Å²) in [5.74, 6) is -0.821. The lowest BCUT2D eigenvalue weighted by Gasteiger charge is -2.33. The van der Waals surface area contributed by atoms with Crippen molar-refractivity contribution in [3.63, 3.8) is 0 Å². The van der Waals surface area contributed by atoms with Gasteiger partial charge in [0.25, 0.3) is 5.91 Å². The standard InChI is InChI=1S/C24H28N2O4S/c1-18-13-15-19(16-14-18)25-23(27)17-22(24(25)28)26(20-9-5-2-3-6-10-20)31(29,30)21-11-7-4-8-12-21/h4,7-8,11-16,20,22H,2-3,5-6,9-10,17H2,1H3. The maximum Gasteiger partial charge on any atom is 0.252 e. The van der Waals surface area contributed by atoms with Gasteiger partial charge in [-0.25, -0.2) is 13.3 Å². The van der Waals surface area contributed by atoms with Crippen LogP contribution in [0.1, 0.15) is 50.5 Å². The van der Waals surface area contributed by atoms with Crippen molar-refractivity contribution in [1.82, 2.24) is 4.31 Å². The van der Waals surface area contributed by atoms with E-state index in [1.807, 2.05) is 19.1 Å². The fourth-order valence-corrected chi connectivity index (χ4v) is 6.47. The predicted octanol–water partition coefficient (Wildman–Crippen LogP) is 4.04. The van der Waals surface area contributed by atoms with E-state index in [4.69, 9.17) is 0 Å². The minimum atomic E-state index is -3.94. The summed E-state index contributed by atoms with van der Waals surface area (Å²) in [6.45, 7) is 1.93. The minimum absolute atomic E-state index is 0.130. The molecule has 1 heterocycles. The molecule has 2 fully saturated rings. The van der Waals surface area contributed by atoms with Crippen LogP contribution < -0.4 is 4.90 Å². The van der Waals surface area contributed by atoms with Gasteiger partial charge in [-0.3, -0.25) is 9.59 Å². The van der Waals surface area contributed by atoms with Crippen molar-refractivity contribution >= 4 is 27.5 Å². The van der Waals surface area contributed by atoms with Gasteiger partial charge in [-0.05, 0) is 44.0 Å². The predicted molar refractivity (Wildman–Crippen MR) is 119 cm³/mol. The Balaban J connectivity index is 1.74. The highest BCUT2D eigenvalue weighted by Gasteiger charge is 2.49. The van der Waals surface area contributed by atoms with E-state index in [-0.39, 0.29) is 23.3 Å². The Hall–Kier alpha value is -2.51. The molecule has 4 rings (SSSR count). The van der Waals surface area contributed by atoms with Crippen LogP contribution in [0.5, 0.6) is 0 Å². The lowest BCUT2D eigenvalue weighted by atomic mass is 10.1. The third kappa shape index (κ3) is 4.29. The van der Waals surface area contributed by atoms with Crippen LogP contribution in [0.2, 0.25) is 0 Å². The Bertz CT molecular complexity index is 1040. The maximum atomic E-state index is 13.7. The monoisotopic (exact) mass is 440 g/mol. The van der Waals surface area contributed by atoms with Crippen LogP contribution in [0.3, 0.4) is 0 Å². The normalized spacial score (nSPS) is 21.0. The highest BCUT2D eigenvalue weighted by atomic mass is 32.2. The molecule has 0 radical (unpaired) electrons. The molecule has 2 aromatic carbocycles. The van der Waals surface area contributed by atoms with E-state index < -0.39 is 22.0 Å². The average Bonchev–Trinajstić information content (AvgIpc) is 2.92. The van der Waals surface area contributed by atoms with Crippen LogP contribution in [0.15, 0.2) is 59.5 Å². The van der Waals surface area contributed by atoms with E-state index in [1.54, 1.807) is 42.5 Å². The van der Waals surface area contributed by atoms with E-state index in [1.165, 1.54) is 4.31 Å². The molecule has 1 saturated heterocycles. The first-order valence-corrected chi connectivity index (χ1v) is 12.4. The fourth-order valence-electron chi connectivity index (χ4n) is 4.62. The molecule has 1 unspecified atom stereocenters. The summed E-state index contributed by atoms with van der Waals surface area (Å²) in [6.07, 6.45) is 5.23. The zero-order valence-corrected chi connectivity index (χ0v) is 18.6. The Kier molecular flexibility index (Phi) is 6.25. The number of aryl methyl sites for hydroxylation is 1. The molecule has 7 heteroatoms. The molecule has 1 saturated carbocycles. The highest BCUT2D eigenvalue weighted by Crippen LogP contribution is 2.34. The van der Waals surface area contributed by atoms with Gasteiger partial charge in [0.05, 0.1) is 17.0 Å². The minimum Gasteiger partial charge on any atom is -0.274 e. The third-order valence-corrected chi connectivity index (χ3v) is 8.20. The van der Waals surface area contributed by atoms with Crippen molar-refractivity contribution in [2.24, 2.45) is 0 Å². The summed E-state index contributed by atoms with van der Waals surface area (Å²) in [6, 6.07) is 14.1. The molecular formula is C24H28N2O4S. The summed E-state index contributed by atoms with van der Waals surface area (Å²) in [5.41, 5.74) is 1.51. The van der Waals surface area contributed by atoms with Gasteiger partial charge in [0.2, 0.25) is 15.9 Å². The average molecular weight is 441 g/mol. The highest BCUT2D eigenvalue weighted by molar-refractivity contribution is 7.89. The first-order chi connectivity index (χ1) is 14.9. The van der Waals surface area contributed by atoms with Crippen molar-refractivity contribution in [2.75, 3.05) is 4.90 Å². The molecule has 6 nitrogen and oxygen atoms in total. The van der Waals surface area contributed by atoms with Gasteiger partial charge >= 0.3 is 0 Å². The summed E-state index contributed by atoms with van der Waals surface area (Å²) in [4.78, 5) is 27.6. The van der Waals surface area contributed by atoms with Crippen LogP contribution in [0.4, 0.5) is 5.69 Å². The molecule has 2 aromatic rings. The van der Waals surface area contributed by atoms with Crippen molar-refractivity contribution in [3.8, 4) is 0 Å². The number of rotatable bonds is 5. The number of anilines is 1. The van der Waals surface area contributed by atoms with E-state index in [9.17, 15) is 18.0 Å². The molecule has 31 heavy (non-hydrogen) atoms. The lowest BCUT2D eigenvalue weighted by Crippen LogP contribution is -2.50.